The largest absolute Gasteiger partial charge is 0.469 e. The number of halogens is 1. The molecule has 7 rings (SSSR count). The number of nitrogens with zero attached hydrogens (tertiary/aromatic N) is 4. The second-order valence-corrected chi connectivity index (χ2v) is 15.1. The van der Waals surface area contributed by atoms with E-state index >= 15 is 4.39 Å². The van der Waals surface area contributed by atoms with Crippen LogP contribution in [-0.4, -0.2) is 87.0 Å². The van der Waals surface area contributed by atoms with Crippen molar-refractivity contribution in [2.45, 2.75) is 76.9 Å². The number of rotatable bonds is 12. The first kappa shape index (κ1) is 37.8. The minimum absolute atomic E-state index is 0.0160. The number of hydrogen-bond donors (Lipinski definition) is 3. The van der Waals surface area contributed by atoms with Gasteiger partial charge in [0.05, 0.1) is 62.4 Å². The number of aromatic amines is 2. The Balaban J connectivity index is 1.02. The number of amides is 3. The number of likely N-dealkylation sites (tertiary alicyclic amines) is 2. The van der Waals surface area contributed by atoms with Crippen LogP contribution in [0.5, 0.6) is 0 Å². The van der Waals surface area contributed by atoms with E-state index in [0.29, 0.717) is 48.0 Å². The van der Waals surface area contributed by atoms with Gasteiger partial charge in [0, 0.05) is 18.7 Å². The number of aromatic nitrogens is 4. The minimum Gasteiger partial charge on any atom is -0.469 e. The second kappa shape index (κ2) is 16.1. The Morgan fingerprint density at radius 1 is 0.800 bits per heavy atom. The van der Waals surface area contributed by atoms with Gasteiger partial charge in [0.1, 0.15) is 23.5 Å². The molecule has 1 aliphatic carbocycles. The number of carbonyl (C=O) groups is 4. The zero-order valence-corrected chi connectivity index (χ0v) is 31.6. The molecule has 3 fully saturated rings. The zero-order chi connectivity index (χ0) is 38.8. The standard InChI is InChI=1S/C41H48FN7O6/c1-23(2)29(20-35(50)54-3)39(51)48-17-5-7-33(48)37-43-21-31(45-37)25-11-9-24(10-12-25)27-15-16-28(30(42)19-27)32-22-44-38(46-32)34-8-6-18-49(34)40(52)36(26-13-14-26)47-41(53)55-4/h9-12,15-16,19,21-23,26,29,33-34,36H,5-8,13-14,17-18,20H2,1-4H3,(H,43,45)(H,44,46)(H,47,53)/t29-,33-,34-,36-/m0/s1. The highest BCUT2D eigenvalue weighted by atomic mass is 19.1. The van der Waals surface area contributed by atoms with Gasteiger partial charge in [-0.25, -0.2) is 19.2 Å². The summed E-state index contributed by atoms with van der Waals surface area (Å²) in [4.78, 5) is 70.6. The number of methoxy groups -OCH3 is 2. The van der Waals surface area contributed by atoms with Gasteiger partial charge in [-0.3, -0.25) is 14.4 Å². The fraction of sp³-hybridized carbons (Fsp3) is 0.463. The second-order valence-electron chi connectivity index (χ2n) is 15.1. The minimum atomic E-state index is -0.637. The summed E-state index contributed by atoms with van der Waals surface area (Å²) in [6, 6.07) is 11.7. The number of H-pyrrole nitrogens is 2. The van der Waals surface area contributed by atoms with E-state index in [-0.39, 0.29) is 42.2 Å². The molecule has 3 aliphatic rings. The van der Waals surface area contributed by atoms with Crippen molar-refractivity contribution in [3.63, 3.8) is 0 Å². The van der Waals surface area contributed by atoms with Crippen LogP contribution in [0.2, 0.25) is 0 Å². The molecule has 2 saturated heterocycles. The third-order valence-corrected chi connectivity index (χ3v) is 11.2. The van der Waals surface area contributed by atoms with Gasteiger partial charge in [0.15, 0.2) is 0 Å². The van der Waals surface area contributed by atoms with Crippen molar-refractivity contribution in [2.75, 3.05) is 27.3 Å². The zero-order valence-electron chi connectivity index (χ0n) is 31.6. The van der Waals surface area contributed by atoms with Crippen molar-refractivity contribution < 1.29 is 33.0 Å². The summed E-state index contributed by atoms with van der Waals surface area (Å²) in [6.07, 6.45) is 7.66. The van der Waals surface area contributed by atoms with Crippen LogP contribution < -0.4 is 5.32 Å². The monoisotopic (exact) mass is 753 g/mol. The van der Waals surface area contributed by atoms with Crippen LogP contribution in [-0.2, 0) is 23.9 Å². The van der Waals surface area contributed by atoms with Gasteiger partial charge in [-0.2, -0.15) is 0 Å². The van der Waals surface area contributed by atoms with Gasteiger partial charge in [-0.15, -0.1) is 0 Å². The lowest BCUT2D eigenvalue weighted by Gasteiger charge is -2.29. The summed E-state index contributed by atoms with van der Waals surface area (Å²) in [6.45, 7) is 5.04. The molecule has 2 aromatic heterocycles. The summed E-state index contributed by atoms with van der Waals surface area (Å²) in [5.41, 5.74) is 4.13. The summed E-state index contributed by atoms with van der Waals surface area (Å²) in [5, 5.41) is 2.71. The molecule has 0 unspecified atom stereocenters. The number of alkyl carbamates (subject to hydrolysis) is 1. The third-order valence-electron chi connectivity index (χ3n) is 11.2. The van der Waals surface area contributed by atoms with Crippen LogP contribution in [0, 0.1) is 23.6 Å². The number of benzene rings is 2. The lowest BCUT2D eigenvalue weighted by molar-refractivity contribution is -0.148. The lowest BCUT2D eigenvalue weighted by atomic mass is 9.91. The normalized spacial score (nSPS) is 19.4. The number of esters is 1. The molecular formula is C41H48FN7O6. The molecule has 0 radical (unpaired) electrons. The molecule has 3 amide bonds. The predicted octanol–water partition coefficient (Wildman–Crippen LogP) is 6.57. The Morgan fingerprint density at radius 3 is 1.96 bits per heavy atom. The van der Waals surface area contributed by atoms with Crippen molar-refractivity contribution in [3.8, 4) is 33.6 Å². The van der Waals surface area contributed by atoms with Crippen LogP contribution in [0.4, 0.5) is 9.18 Å². The maximum absolute atomic E-state index is 15.7. The van der Waals surface area contributed by atoms with Gasteiger partial charge in [0.2, 0.25) is 11.8 Å². The lowest BCUT2D eigenvalue weighted by Crippen LogP contribution is -2.49. The number of hydrogen-bond acceptors (Lipinski definition) is 8. The van der Waals surface area contributed by atoms with E-state index in [4.69, 9.17) is 9.47 Å². The number of carbonyl (C=O) groups excluding carboxylic acids is 4. The molecule has 290 valence electrons. The molecule has 55 heavy (non-hydrogen) atoms. The maximum atomic E-state index is 15.7. The van der Waals surface area contributed by atoms with E-state index < -0.39 is 29.8 Å². The van der Waals surface area contributed by atoms with Gasteiger partial charge >= 0.3 is 12.1 Å². The number of ether oxygens (including phenoxy) is 2. The predicted molar refractivity (Wildman–Crippen MR) is 201 cm³/mol. The summed E-state index contributed by atoms with van der Waals surface area (Å²) in [5.74, 6) is -0.108. The van der Waals surface area contributed by atoms with E-state index in [1.54, 1.807) is 23.4 Å². The summed E-state index contributed by atoms with van der Waals surface area (Å²) in [7, 11) is 2.62. The van der Waals surface area contributed by atoms with Crippen LogP contribution in [0.25, 0.3) is 33.6 Å². The average Bonchev–Trinajstić information content (AvgIpc) is 3.66. The van der Waals surface area contributed by atoms with Crippen LogP contribution in [0.15, 0.2) is 54.9 Å². The Hall–Kier alpha value is -5.53. The highest BCUT2D eigenvalue weighted by Gasteiger charge is 2.43. The SMILES string of the molecule is COC(=O)C[C@H](C(=O)N1CCC[C@H]1c1ncc(-c2ccc(-c3ccc(-c4cnc([C@@H]5CCCN5C(=O)[C@@H](NC(=O)OC)C5CC5)[nH]4)c(F)c3)cc2)[nH]1)C(C)C. The molecule has 13 nitrogen and oxygen atoms in total. The van der Waals surface area contributed by atoms with Crippen LogP contribution >= 0.6 is 0 Å². The van der Waals surface area contributed by atoms with Gasteiger partial charge < -0.3 is 34.6 Å². The molecule has 4 aromatic rings. The van der Waals surface area contributed by atoms with Crippen LogP contribution in [0.3, 0.4) is 0 Å². The first-order valence-corrected chi connectivity index (χ1v) is 19.1. The molecule has 1 saturated carbocycles. The van der Waals surface area contributed by atoms with Crippen molar-refractivity contribution in [2.24, 2.45) is 17.8 Å². The maximum Gasteiger partial charge on any atom is 0.407 e. The Bertz CT molecular complexity index is 2040. The molecule has 0 spiro atoms. The van der Waals surface area contributed by atoms with Gasteiger partial charge in [-0.05, 0) is 79.2 Å². The quantitative estimate of drug-likeness (QED) is 0.137. The number of imidazole rings is 2. The van der Waals surface area contributed by atoms with Crippen molar-refractivity contribution in [3.05, 3.63) is 72.3 Å². The Morgan fingerprint density at radius 2 is 1.38 bits per heavy atom. The average molecular weight is 754 g/mol. The van der Waals surface area contributed by atoms with Crippen LogP contribution in [0.1, 0.15) is 82.5 Å². The van der Waals surface area contributed by atoms with Gasteiger partial charge in [0.25, 0.3) is 0 Å². The van der Waals surface area contributed by atoms with Gasteiger partial charge in [-0.1, -0.05) is 44.2 Å². The third kappa shape index (κ3) is 7.99. The fourth-order valence-electron chi connectivity index (χ4n) is 7.94. The topological polar surface area (TPSA) is 163 Å². The molecule has 14 heteroatoms. The highest BCUT2D eigenvalue weighted by molar-refractivity contribution is 5.87. The van der Waals surface area contributed by atoms with Crippen molar-refractivity contribution >= 4 is 23.9 Å². The smallest absolute Gasteiger partial charge is 0.407 e. The molecule has 2 aliphatic heterocycles. The summed E-state index contributed by atoms with van der Waals surface area (Å²) < 4.78 is 25.3. The van der Waals surface area contributed by atoms with E-state index in [2.05, 4.69) is 25.3 Å². The van der Waals surface area contributed by atoms with E-state index in [9.17, 15) is 19.2 Å². The van der Waals surface area contributed by atoms with Crippen molar-refractivity contribution in [1.82, 2.24) is 35.1 Å². The molecule has 3 N–H and O–H groups in total. The van der Waals surface area contributed by atoms with E-state index in [1.807, 2.05) is 49.1 Å². The molecule has 4 heterocycles. The first-order chi connectivity index (χ1) is 26.6. The summed E-state index contributed by atoms with van der Waals surface area (Å²) >= 11 is 0. The molecule has 4 atom stereocenters. The highest BCUT2D eigenvalue weighted by Crippen LogP contribution is 2.39. The number of nitrogens with one attached hydrogen (secondary N) is 3. The molecule has 2 aromatic carbocycles. The van der Waals surface area contributed by atoms with E-state index in [0.717, 1.165) is 48.9 Å². The Labute approximate surface area is 319 Å². The van der Waals surface area contributed by atoms with E-state index in [1.165, 1.54) is 20.3 Å². The fourth-order valence-corrected chi connectivity index (χ4v) is 7.94. The molecular weight excluding hydrogens is 705 g/mol. The Kier molecular flexibility index (Phi) is 11.0. The molecule has 0 bridgehead atoms. The van der Waals surface area contributed by atoms with Crippen molar-refractivity contribution in [1.29, 1.82) is 0 Å². The first-order valence-electron chi connectivity index (χ1n) is 19.1.